The van der Waals surface area contributed by atoms with Crippen molar-refractivity contribution in [3.63, 3.8) is 0 Å². The molecule has 0 atom stereocenters. The van der Waals surface area contributed by atoms with Crippen LogP contribution in [0.25, 0.3) is 11.1 Å². The van der Waals surface area contributed by atoms with E-state index in [1.165, 1.54) is 7.11 Å². The van der Waals surface area contributed by atoms with E-state index in [4.69, 9.17) is 13.9 Å². The van der Waals surface area contributed by atoms with Gasteiger partial charge >= 0.3 is 5.97 Å². The Bertz CT molecular complexity index is 888. The molecular weight excluding hydrogens is 374 g/mol. The van der Waals surface area contributed by atoms with Gasteiger partial charge in [-0.1, -0.05) is 18.2 Å². The molecule has 0 fully saturated rings. The maximum Gasteiger partial charge on any atom is 0.310 e. The first-order valence-electron chi connectivity index (χ1n) is 7.40. The van der Waals surface area contributed by atoms with Gasteiger partial charge in [-0.3, -0.25) is 4.79 Å². The van der Waals surface area contributed by atoms with Crippen LogP contribution >= 0.6 is 15.9 Å². The molecule has 0 aliphatic carbocycles. The molecule has 1 heterocycles. The number of hydrogen-bond donors (Lipinski definition) is 0. The molecule has 3 aromatic rings. The van der Waals surface area contributed by atoms with Crippen LogP contribution in [0.1, 0.15) is 17.0 Å². The SMILES string of the molecule is COC(=O)Cc1ccccc1OCc1cc(Br)c2oc(C)nc2c1. The summed E-state index contributed by atoms with van der Waals surface area (Å²) in [6.07, 6.45) is 0.178. The number of aromatic nitrogens is 1. The molecule has 0 saturated carbocycles. The number of methoxy groups -OCH3 is 1. The number of aryl methyl sites for hydroxylation is 1. The van der Waals surface area contributed by atoms with Crippen LogP contribution in [0.5, 0.6) is 5.75 Å². The fourth-order valence-corrected chi connectivity index (χ4v) is 3.00. The molecular formula is C18H16BrNO4. The van der Waals surface area contributed by atoms with Gasteiger partial charge in [0, 0.05) is 12.5 Å². The van der Waals surface area contributed by atoms with Gasteiger partial charge in [-0.05, 0) is 39.7 Å². The van der Waals surface area contributed by atoms with Crippen LogP contribution in [0.2, 0.25) is 0 Å². The van der Waals surface area contributed by atoms with Gasteiger partial charge in [-0.25, -0.2) is 4.98 Å². The van der Waals surface area contributed by atoms with Crippen LogP contribution in [0, 0.1) is 6.92 Å². The predicted molar refractivity (Wildman–Crippen MR) is 92.9 cm³/mol. The highest BCUT2D eigenvalue weighted by molar-refractivity contribution is 9.10. The highest BCUT2D eigenvalue weighted by Gasteiger charge is 2.11. The fourth-order valence-electron chi connectivity index (χ4n) is 2.42. The number of benzene rings is 2. The first kappa shape index (κ1) is 16.5. The zero-order chi connectivity index (χ0) is 17.1. The second-order valence-corrected chi connectivity index (χ2v) is 6.16. The quantitative estimate of drug-likeness (QED) is 0.612. The largest absolute Gasteiger partial charge is 0.489 e. The normalized spacial score (nSPS) is 10.8. The number of hydrogen-bond acceptors (Lipinski definition) is 5. The van der Waals surface area contributed by atoms with E-state index in [2.05, 4.69) is 20.9 Å². The minimum Gasteiger partial charge on any atom is -0.489 e. The van der Waals surface area contributed by atoms with Crippen molar-refractivity contribution in [3.8, 4) is 5.75 Å². The highest BCUT2D eigenvalue weighted by Crippen LogP contribution is 2.27. The maximum atomic E-state index is 11.5. The van der Waals surface area contributed by atoms with Crippen molar-refractivity contribution in [1.29, 1.82) is 0 Å². The van der Waals surface area contributed by atoms with E-state index in [0.717, 1.165) is 26.7 Å². The molecule has 1 aromatic heterocycles. The van der Waals surface area contributed by atoms with Crippen molar-refractivity contribution in [1.82, 2.24) is 4.98 Å². The molecule has 0 aliphatic rings. The Morgan fingerprint density at radius 2 is 2.08 bits per heavy atom. The molecule has 0 bridgehead atoms. The summed E-state index contributed by atoms with van der Waals surface area (Å²) in [5.74, 6) is 0.982. The average Bonchev–Trinajstić information content (AvgIpc) is 2.95. The van der Waals surface area contributed by atoms with E-state index in [-0.39, 0.29) is 12.4 Å². The average molecular weight is 390 g/mol. The van der Waals surface area contributed by atoms with E-state index >= 15 is 0 Å². The Kier molecular flexibility index (Phi) is 4.85. The molecule has 0 radical (unpaired) electrons. The summed E-state index contributed by atoms with van der Waals surface area (Å²) < 4.78 is 17.0. The van der Waals surface area contributed by atoms with Crippen LogP contribution in [0.4, 0.5) is 0 Å². The number of fused-ring (bicyclic) bond motifs is 1. The first-order chi connectivity index (χ1) is 11.6. The Morgan fingerprint density at radius 3 is 2.88 bits per heavy atom. The van der Waals surface area contributed by atoms with Gasteiger partial charge in [0.2, 0.25) is 0 Å². The number of ether oxygens (including phenoxy) is 2. The predicted octanol–water partition coefficient (Wildman–Crippen LogP) is 4.19. The Morgan fingerprint density at radius 1 is 1.29 bits per heavy atom. The van der Waals surface area contributed by atoms with E-state index in [1.54, 1.807) is 0 Å². The van der Waals surface area contributed by atoms with Crippen LogP contribution < -0.4 is 4.74 Å². The van der Waals surface area contributed by atoms with Crippen molar-refractivity contribution in [2.24, 2.45) is 0 Å². The van der Waals surface area contributed by atoms with Crippen LogP contribution in [-0.2, 0) is 22.6 Å². The van der Waals surface area contributed by atoms with Crippen molar-refractivity contribution < 1.29 is 18.7 Å². The van der Waals surface area contributed by atoms with Crippen molar-refractivity contribution in [2.45, 2.75) is 20.0 Å². The molecule has 0 saturated heterocycles. The fraction of sp³-hybridized carbons (Fsp3) is 0.222. The second kappa shape index (κ2) is 7.05. The lowest BCUT2D eigenvalue weighted by Gasteiger charge is -2.11. The second-order valence-electron chi connectivity index (χ2n) is 5.31. The molecule has 0 spiro atoms. The summed E-state index contributed by atoms with van der Waals surface area (Å²) in [4.78, 5) is 15.8. The van der Waals surface area contributed by atoms with Gasteiger partial charge in [-0.15, -0.1) is 0 Å². The Hall–Kier alpha value is -2.34. The molecule has 2 aromatic carbocycles. The zero-order valence-electron chi connectivity index (χ0n) is 13.3. The number of halogens is 1. The molecule has 0 unspecified atom stereocenters. The summed E-state index contributed by atoms with van der Waals surface area (Å²) in [6, 6.07) is 11.3. The molecule has 3 rings (SSSR count). The van der Waals surface area contributed by atoms with Crippen LogP contribution in [0.3, 0.4) is 0 Å². The maximum absolute atomic E-state index is 11.5. The van der Waals surface area contributed by atoms with Crippen molar-refractivity contribution >= 4 is 33.0 Å². The van der Waals surface area contributed by atoms with Gasteiger partial charge in [0.1, 0.15) is 17.9 Å². The first-order valence-corrected chi connectivity index (χ1v) is 8.19. The lowest BCUT2D eigenvalue weighted by Crippen LogP contribution is -2.06. The van der Waals surface area contributed by atoms with Gasteiger partial charge < -0.3 is 13.9 Å². The van der Waals surface area contributed by atoms with Gasteiger partial charge in [0.15, 0.2) is 11.5 Å². The molecule has 0 aliphatic heterocycles. The van der Waals surface area contributed by atoms with Gasteiger partial charge in [0.05, 0.1) is 18.0 Å². The van der Waals surface area contributed by atoms with Crippen LogP contribution in [0.15, 0.2) is 45.3 Å². The highest BCUT2D eigenvalue weighted by atomic mass is 79.9. The van der Waals surface area contributed by atoms with Crippen LogP contribution in [-0.4, -0.2) is 18.1 Å². The van der Waals surface area contributed by atoms with Gasteiger partial charge in [-0.2, -0.15) is 0 Å². The molecule has 5 nitrogen and oxygen atoms in total. The summed E-state index contributed by atoms with van der Waals surface area (Å²) in [5, 5.41) is 0. The number of carbonyl (C=O) groups excluding carboxylic acids is 1. The lowest BCUT2D eigenvalue weighted by atomic mass is 10.1. The third kappa shape index (κ3) is 3.59. The number of esters is 1. The Labute approximate surface area is 147 Å². The molecule has 6 heteroatoms. The summed E-state index contributed by atoms with van der Waals surface area (Å²) >= 11 is 3.49. The van der Waals surface area contributed by atoms with E-state index in [1.807, 2.05) is 43.3 Å². The van der Waals surface area contributed by atoms with Crippen molar-refractivity contribution in [2.75, 3.05) is 7.11 Å². The minimum absolute atomic E-state index is 0.178. The zero-order valence-corrected chi connectivity index (χ0v) is 14.9. The standard InChI is InChI=1S/C18H16BrNO4/c1-11-20-15-8-12(7-14(19)18(15)24-11)10-23-16-6-4-3-5-13(16)9-17(21)22-2/h3-8H,9-10H2,1-2H3. The topological polar surface area (TPSA) is 61.6 Å². The smallest absolute Gasteiger partial charge is 0.310 e. The number of oxazole rings is 1. The molecule has 124 valence electrons. The third-order valence-corrected chi connectivity index (χ3v) is 4.13. The summed E-state index contributed by atoms with van der Waals surface area (Å²) in [5.41, 5.74) is 3.25. The van der Waals surface area contributed by atoms with E-state index in [9.17, 15) is 4.79 Å². The van der Waals surface area contributed by atoms with E-state index < -0.39 is 0 Å². The molecule has 0 amide bonds. The summed E-state index contributed by atoms with van der Waals surface area (Å²) in [6.45, 7) is 2.17. The van der Waals surface area contributed by atoms with Gasteiger partial charge in [0.25, 0.3) is 0 Å². The molecule has 24 heavy (non-hydrogen) atoms. The third-order valence-electron chi connectivity index (χ3n) is 3.54. The number of nitrogens with zero attached hydrogens (tertiary/aromatic N) is 1. The molecule has 0 N–H and O–H groups in total. The van der Waals surface area contributed by atoms with Crippen molar-refractivity contribution in [3.05, 3.63) is 57.9 Å². The number of carbonyl (C=O) groups is 1. The number of rotatable bonds is 5. The Balaban J connectivity index is 1.80. The minimum atomic E-state index is -0.298. The monoisotopic (exact) mass is 389 g/mol. The lowest BCUT2D eigenvalue weighted by molar-refractivity contribution is -0.139. The van der Waals surface area contributed by atoms with E-state index in [0.29, 0.717) is 18.2 Å². The number of para-hydroxylation sites is 1. The summed E-state index contributed by atoms with van der Waals surface area (Å²) in [7, 11) is 1.37.